The molecule has 0 radical (unpaired) electrons. The Hall–Kier alpha value is -2.82. The minimum atomic E-state index is -0.0918. The molecule has 0 fully saturated rings. The van der Waals surface area contributed by atoms with Crippen LogP contribution >= 0.6 is 0 Å². The fourth-order valence-electron chi connectivity index (χ4n) is 2.42. The molecule has 2 aromatic rings. The molecule has 0 heterocycles. The van der Waals surface area contributed by atoms with Gasteiger partial charge in [0.2, 0.25) is 5.91 Å². The molecule has 0 saturated heterocycles. The quantitative estimate of drug-likeness (QED) is 0.509. The van der Waals surface area contributed by atoms with E-state index in [0.29, 0.717) is 36.3 Å². The Morgan fingerprint density at radius 3 is 2.44 bits per heavy atom. The summed E-state index contributed by atoms with van der Waals surface area (Å²) in [6.45, 7) is 2.76. The Labute approximate surface area is 148 Å². The Balaban J connectivity index is 1.83. The predicted octanol–water partition coefficient (Wildman–Crippen LogP) is 3.37. The van der Waals surface area contributed by atoms with Gasteiger partial charge in [-0.05, 0) is 48.7 Å². The maximum Gasteiger partial charge on any atom is 0.251 e. The van der Waals surface area contributed by atoms with Crippen molar-refractivity contribution in [1.29, 1.82) is 0 Å². The first-order valence-corrected chi connectivity index (χ1v) is 8.61. The molecule has 0 aliphatic carbocycles. The number of unbranched alkanes of at least 4 members (excludes halogenated alkanes) is 1. The van der Waals surface area contributed by atoms with Crippen LogP contribution in [0.3, 0.4) is 0 Å². The Morgan fingerprint density at radius 1 is 1.04 bits per heavy atom. The van der Waals surface area contributed by atoms with Gasteiger partial charge in [0.15, 0.2) is 0 Å². The average molecular weight is 339 g/mol. The second-order valence-electron chi connectivity index (χ2n) is 5.93. The van der Waals surface area contributed by atoms with Gasteiger partial charge in [0.25, 0.3) is 5.91 Å². The number of carbonyl (C=O) groups excluding carboxylic acids is 2. The molecule has 2 rings (SSSR count). The van der Waals surface area contributed by atoms with Crippen LogP contribution in [0, 0.1) is 0 Å². The molecule has 0 aliphatic heterocycles. The van der Waals surface area contributed by atoms with Crippen LogP contribution < -0.4 is 16.4 Å². The fourth-order valence-corrected chi connectivity index (χ4v) is 2.42. The number of carbonyl (C=O) groups is 2. The maximum absolute atomic E-state index is 12.1. The minimum absolute atomic E-state index is 0.0802. The zero-order chi connectivity index (χ0) is 18.1. The molecule has 0 spiro atoms. The number of nitrogen functional groups attached to an aromatic ring is 1. The molecule has 0 aliphatic rings. The number of nitrogens with two attached hydrogens (primary N) is 1. The number of benzene rings is 2. The number of hydrogen-bond donors (Lipinski definition) is 3. The van der Waals surface area contributed by atoms with Crippen LogP contribution in [0.15, 0.2) is 48.5 Å². The summed E-state index contributed by atoms with van der Waals surface area (Å²) >= 11 is 0. The van der Waals surface area contributed by atoms with Crippen molar-refractivity contribution in [2.45, 2.75) is 32.6 Å². The summed E-state index contributed by atoms with van der Waals surface area (Å²) in [7, 11) is 0. The monoisotopic (exact) mass is 339 g/mol. The number of hydrogen-bond acceptors (Lipinski definition) is 3. The third kappa shape index (κ3) is 5.95. The lowest BCUT2D eigenvalue weighted by atomic mass is 10.1. The molecule has 0 aromatic heterocycles. The highest BCUT2D eigenvalue weighted by molar-refractivity contribution is 5.95. The minimum Gasteiger partial charge on any atom is -0.399 e. The molecular formula is C20H25N3O2. The van der Waals surface area contributed by atoms with Crippen molar-refractivity contribution < 1.29 is 9.59 Å². The number of rotatable bonds is 8. The van der Waals surface area contributed by atoms with Crippen LogP contribution in [0.5, 0.6) is 0 Å². The molecule has 0 bridgehead atoms. The first-order valence-electron chi connectivity index (χ1n) is 8.61. The summed E-state index contributed by atoms with van der Waals surface area (Å²) in [6, 6.07) is 14.4. The third-order valence-corrected chi connectivity index (χ3v) is 3.92. The van der Waals surface area contributed by atoms with Gasteiger partial charge in [0.05, 0.1) is 0 Å². The van der Waals surface area contributed by atoms with Gasteiger partial charge in [-0.15, -0.1) is 0 Å². The van der Waals surface area contributed by atoms with E-state index in [4.69, 9.17) is 5.73 Å². The molecule has 132 valence electrons. The van der Waals surface area contributed by atoms with Crippen LogP contribution in [0.4, 0.5) is 11.4 Å². The van der Waals surface area contributed by atoms with Crippen LogP contribution in [-0.2, 0) is 11.2 Å². The van der Waals surface area contributed by atoms with Crippen LogP contribution in [0.2, 0.25) is 0 Å². The molecular weight excluding hydrogens is 314 g/mol. The zero-order valence-corrected chi connectivity index (χ0v) is 14.5. The lowest BCUT2D eigenvalue weighted by Crippen LogP contribution is -2.24. The predicted molar refractivity (Wildman–Crippen MR) is 101 cm³/mol. The normalized spacial score (nSPS) is 10.3. The van der Waals surface area contributed by atoms with E-state index < -0.39 is 0 Å². The second kappa shape index (κ2) is 9.47. The first kappa shape index (κ1) is 18.5. The van der Waals surface area contributed by atoms with Crippen molar-refractivity contribution >= 4 is 23.2 Å². The average Bonchev–Trinajstić information content (AvgIpc) is 2.62. The van der Waals surface area contributed by atoms with Crippen molar-refractivity contribution in [2.75, 3.05) is 17.6 Å². The summed E-state index contributed by atoms with van der Waals surface area (Å²) in [5.41, 5.74) is 8.82. The fraction of sp³-hybridized carbons (Fsp3) is 0.300. The molecule has 0 atom stereocenters. The highest BCUT2D eigenvalue weighted by atomic mass is 16.2. The first-order chi connectivity index (χ1) is 12.1. The van der Waals surface area contributed by atoms with Crippen molar-refractivity contribution in [1.82, 2.24) is 5.32 Å². The number of amides is 2. The zero-order valence-electron chi connectivity index (χ0n) is 14.5. The lowest BCUT2D eigenvalue weighted by molar-refractivity contribution is -0.116. The van der Waals surface area contributed by atoms with E-state index in [-0.39, 0.29) is 11.8 Å². The topological polar surface area (TPSA) is 84.2 Å². The Morgan fingerprint density at radius 2 is 1.76 bits per heavy atom. The lowest BCUT2D eigenvalue weighted by Gasteiger charge is -2.08. The SMILES string of the molecule is CCCCNC(=O)c1ccc(NC(=O)CCc2ccccc2N)cc1. The molecule has 0 unspecified atom stereocenters. The Bertz CT molecular complexity index is 711. The van der Waals surface area contributed by atoms with E-state index >= 15 is 0 Å². The number of para-hydroxylation sites is 1. The van der Waals surface area contributed by atoms with Crippen molar-refractivity contribution in [3.8, 4) is 0 Å². The second-order valence-corrected chi connectivity index (χ2v) is 5.93. The standard InChI is InChI=1S/C20H25N3O2/c1-2-3-14-22-20(25)16-8-11-17(12-9-16)23-19(24)13-10-15-6-4-5-7-18(15)21/h4-9,11-12H,2-3,10,13-14,21H2,1H3,(H,22,25)(H,23,24). The molecule has 5 nitrogen and oxygen atoms in total. The van der Waals surface area contributed by atoms with Gasteiger partial charge in [-0.25, -0.2) is 0 Å². The maximum atomic E-state index is 12.1. The number of anilines is 2. The van der Waals surface area contributed by atoms with E-state index in [1.54, 1.807) is 24.3 Å². The van der Waals surface area contributed by atoms with Crippen molar-refractivity contribution in [3.05, 3.63) is 59.7 Å². The van der Waals surface area contributed by atoms with Crippen LogP contribution in [-0.4, -0.2) is 18.4 Å². The van der Waals surface area contributed by atoms with Gasteiger partial charge in [-0.1, -0.05) is 31.5 Å². The van der Waals surface area contributed by atoms with E-state index in [0.717, 1.165) is 18.4 Å². The van der Waals surface area contributed by atoms with Gasteiger partial charge in [0, 0.05) is 29.9 Å². The summed E-state index contributed by atoms with van der Waals surface area (Å²) < 4.78 is 0. The molecule has 25 heavy (non-hydrogen) atoms. The van der Waals surface area contributed by atoms with E-state index in [1.165, 1.54) is 0 Å². The van der Waals surface area contributed by atoms with Gasteiger partial charge in [-0.2, -0.15) is 0 Å². The molecule has 4 N–H and O–H groups in total. The van der Waals surface area contributed by atoms with Gasteiger partial charge in [-0.3, -0.25) is 9.59 Å². The van der Waals surface area contributed by atoms with E-state index in [9.17, 15) is 9.59 Å². The number of nitrogens with one attached hydrogen (secondary N) is 2. The molecule has 0 saturated carbocycles. The van der Waals surface area contributed by atoms with Crippen molar-refractivity contribution in [3.63, 3.8) is 0 Å². The highest BCUT2D eigenvalue weighted by Crippen LogP contribution is 2.14. The van der Waals surface area contributed by atoms with Gasteiger partial charge in [0.1, 0.15) is 0 Å². The summed E-state index contributed by atoms with van der Waals surface area (Å²) in [4.78, 5) is 24.0. The Kier molecular flexibility index (Phi) is 7.01. The number of aryl methyl sites for hydroxylation is 1. The summed E-state index contributed by atoms with van der Waals surface area (Å²) in [5.74, 6) is -0.172. The van der Waals surface area contributed by atoms with Crippen LogP contribution in [0.1, 0.15) is 42.1 Å². The van der Waals surface area contributed by atoms with Gasteiger partial charge < -0.3 is 16.4 Å². The largest absolute Gasteiger partial charge is 0.399 e. The van der Waals surface area contributed by atoms with E-state index in [2.05, 4.69) is 17.6 Å². The highest BCUT2D eigenvalue weighted by Gasteiger charge is 2.07. The molecule has 5 heteroatoms. The van der Waals surface area contributed by atoms with E-state index in [1.807, 2.05) is 24.3 Å². The van der Waals surface area contributed by atoms with Gasteiger partial charge >= 0.3 is 0 Å². The molecule has 2 amide bonds. The summed E-state index contributed by atoms with van der Waals surface area (Å²) in [5, 5.41) is 5.70. The third-order valence-electron chi connectivity index (χ3n) is 3.92. The van der Waals surface area contributed by atoms with Crippen molar-refractivity contribution in [2.24, 2.45) is 0 Å². The summed E-state index contributed by atoms with van der Waals surface area (Å²) in [6.07, 6.45) is 2.95. The molecule has 2 aromatic carbocycles. The smallest absolute Gasteiger partial charge is 0.251 e. The van der Waals surface area contributed by atoms with Crippen LogP contribution in [0.25, 0.3) is 0 Å².